The molecule has 1 heterocycles. The second-order valence-electron chi connectivity index (χ2n) is 11.6. The molecular weight excluding hydrogens is 478 g/mol. The number of allylic oxidation sites excluding steroid dienone is 1. The van der Waals surface area contributed by atoms with Gasteiger partial charge in [0, 0.05) is 11.8 Å². The first kappa shape index (κ1) is 23.8. The van der Waals surface area contributed by atoms with E-state index in [0.717, 1.165) is 40.2 Å². The Morgan fingerprint density at radius 2 is 2.00 bits per heavy atom. The highest BCUT2D eigenvalue weighted by molar-refractivity contribution is 8.01. The molecule has 1 aromatic carbocycles. The molecule has 4 aliphatic carbocycles. The number of carbonyl (C=O) groups excluding carboxylic acids is 2. The quantitative estimate of drug-likeness (QED) is 0.549. The molecule has 2 N–H and O–H groups in total. The van der Waals surface area contributed by atoms with Gasteiger partial charge in [0.2, 0.25) is 0 Å². The smallest absolute Gasteiger partial charge is 0.175 e. The van der Waals surface area contributed by atoms with Gasteiger partial charge >= 0.3 is 0 Å². The van der Waals surface area contributed by atoms with E-state index in [4.69, 9.17) is 0 Å². The lowest BCUT2D eigenvalue weighted by molar-refractivity contribution is -0.178. The first-order valence-electron chi connectivity index (χ1n) is 12.8. The molecule has 0 amide bonds. The highest BCUT2D eigenvalue weighted by Gasteiger charge is 2.68. The van der Waals surface area contributed by atoms with Crippen LogP contribution in [0.4, 0.5) is 0 Å². The van der Waals surface area contributed by atoms with Gasteiger partial charge in [-0.3, -0.25) is 9.59 Å². The van der Waals surface area contributed by atoms with Gasteiger partial charge in [0.15, 0.2) is 15.9 Å². The summed E-state index contributed by atoms with van der Waals surface area (Å²) in [6.45, 7) is 4.28. The van der Waals surface area contributed by atoms with Crippen molar-refractivity contribution >= 4 is 44.9 Å². The summed E-state index contributed by atoms with van der Waals surface area (Å²) in [4.78, 5) is 30.3. The number of carbonyl (C=O) groups is 2. The minimum atomic E-state index is -1.42. The summed E-state index contributed by atoms with van der Waals surface area (Å²) in [7, 11) is 0. The van der Waals surface area contributed by atoms with Crippen molar-refractivity contribution in [3.63, 3.8) is 0 Å². The van der Waals surface area contributed by atoms with E-state index in [-0.39, 0.29) is 40.5 Å². The summed E-state index contributed by atoms with van der Waals surface area (Å²) >= 11 is 2.99. The highest BCUT2D eigenvalue weighted by Crippen LogP contribution is 2.67. The lowest BCUT2D eigenvalue weighted by atomic mass is 9.45. The number of hydrogen-bond donors (Lipinski definition) is 2. The van der Waals surface area contributed by atoms with Crippen LogP contribution in [-0.4, -0.2) is 44.2 Å². The number of rotatable bonds is 4. The fourth-order valence-electron chi connectivity index (χ4n) is 8.31. The predicted octanol–water partition coefficient (Wildman–Crippen LogP) is 5.19. The lowest BCUT2D eigenvalue weighted by Gasteiger charge is -2.60. The number of aromatic nitrogens is 1. The number of thiazole rings is 1. The molecule has 2 aromatic rings. The van der Waals surface area contributed by atoms with Crippen LogP contribution in [-0.2, 0) is 9.59 Å². The molecule has 7 heteroatoms. The standard InChI is InChI=1S/C28H33NO4S2/c1-26-11-9-17(30)13-16(26)7-8-18-19-10-12-28(33,27(19,2)14-21(31)24(18)26)23(32)15-34-25-29-20-5-3-4-6-22(20)35-25/h3-6,13,18-19,21,24,31,33H,7-12,14-15H2,1-2H3/t18?,19?,21?,24?,26?,27?,28-/m0/s1. The van der Waals surface area contributed by atoms with Gasteiger partial charge in [-0.1, -0.05) is 43.3 Å². The lowest BCUT2D eigenvalue weighted by Crippen LogP contribution is -2.61. The van der Waals surface area contributed by atoms with Crippen molar-refractivity contribution in [3.8, 4) is 0 Å². The van der Waals surface area contributed by atoms with E-state index < -0.39 is 17.1 Å². The number of aliphatic hydroxyl groups excluding tert-OH is 1. The number of benzene rings is 1. The molecule has 4 aliphatic rings. The van der Waals surface area contributed by atoms with Gasteiger partial charge in [0.1, 0.15) is 5.60 Å². The van der Waals surface area contributed by atoms with Crippen LogP contribution in [0, 0.1) is 28.6 Å². The van der Waals surface area contributed by atoms with E-state index in [0.29, 0.717) is 19.3 Å². The highest BCUT2D eigenvalue weighted by atomic mass is 32.2. The van der Waals surface area contributed by atoms with Crippen LogP contribution in [0.5, 0.6) is 0 Å². The molecule has 6 rings (SSSR count). The summed E-state index contributed by atoms with van der Waals surface area (Å²) in [6.07, 6.45) is 6.09. The van der Waals surface area contributed by atoms with Gasteiger partial charge in [-0.25, -0.2) is 4.98 Å². The Balaban J connectivity index is 1.24. The maximum absolute atomic E-state index is 13.6. The van der Waals surface area contributed by atoms with Crippen LogP contribution in [0.15, 0.2) is 40.3 Å². The van der Waals surface area contributed by atoms with E-state index in [1.54, 1.807) is 11.3 Å². The monoisotopic (exact) mass is 511 g/mol. The molecule has 3 saturated carbocycles. The van der Waals surface area contributed by atoms with Crippen molar-refractivity contribution in [2.45, 2.75) is 74.8 Å². The summed E-state index contributed by atoms with van der Waals surface area (Å²) in [5.74, 6) is 0.811. The molecule has 0 aliphatic heterocycles. The van der Waals surface area contributed by atoms with E-state index in [1.807, 2.05) is 37.3 Å². The molecule has 6 unspecified atom stereocenters. The second-order valence-corrected chi connectivity index (χ2v) is 13.9. The summed E-state index contributed by atoms with van der Waals surface area (Å²) in [5.41, 5.74) is -0.0861. The summed E-state index contributed by atoms with van der Waals surface area (Å²) in [5, 5.41) is 23.5. The van der Waals surface area contributed by atoms with Crippen molar-refractivity contribution in [2.24, 2.45) is 28.6 Å². The van der Waals surface area contributed by atoms with E-state index in [9.17, 15) is 19.8 Å². The molecule has 186 valence electrons. The number of para-hydroxylation sites is 1. The predicted molar refractivity (Wildman–Crippen MR) is 138 cm³/mol. The maximum Gasteiger partial charge on any atom is 0.175 e. The van der Waals surface area contributed by atoms with Crippen LogP contribution in [0.3, 0.4) is 0 Å². The van der Waals surface area contributed by atoms with Gasteiger partial charge in [0.25, 0.3) is 0 Å². The molecule has 0 saturated heterocycles. The van der Waals surface area contributed by atoms with Gasteiger partial charge in [-0.15, -0.1) is 11.3 Å². The molecule has 0 spiro atoms. The summed E-state index contributed by atoms with van der Waals surface area (Å²) in [6, 6.07) is 7.95. The molecule has 0 radical (unpaired) electrons. The SMILES string of the molecule is CC12CCC(=O)C=C1CCC1C2C(O)CC2(C)C1CC[C@]2(O)C(=O)CSc1nc2ccccc2s1. The molecule has 3 fully saturated rings. The van der Waals surface area contributed by atoms with Crippen LogP contribution >= 0.6 is 23.1 Å². The van der Waals surface area contributed by atoms with Gasteiger partial charge in [0.05, 0.1) is 22.1 Å². The van der Waals surface area contributed by atoms with Crippen LogP contribution in [0.2, 0.25) is 0 Å². The zero-order valence-electron chi connectivity index (χ0n) is 20.3. The van der Waals surface area contributed by atoms with E-state index in [2.05, 4.69) is 11.9 Å². The largest absolute Gasteiger partial charge is 0.393 e. The molecule has 5 nitrogen and oxygen atoms in total. The number of thioether (sulfide) groups is 1. The first-order valence-corrected chi connectivity index (χ1v) is 14.6. The first-order chi connectivity index (χ1) is 16.7. The summed E-state index contributed by atoms with van der Waals surface area (Å²) < 4.78 is 1.94. The molecule has 35 heavy (non-hydrogen) atoms. The number of nitrogens with zero attached hydrogens (tertiary/aromatic N) is 1. The van der Waals surface area contributed by atoms with E-state index in [1.165, 1.54) is 17.3 Å². The molecule has 0 bridgehead atoms. The number of hydrogen-bond acceptors (Lipinski definition) is 7. The van der Waals surface area contributed by atoms with Crippen molar-refractivity contribution in [1.29, 1.82) is 0 Å². The second kappa shape index (κ2) is 8.23. The normalized spacial score (nSPS) is 40.7. The number of Topliss-reactive ketones (excluding diaryl/α,β-unsaturated/α-hetero) is 1. The molecule has 7 atom stereocenters. The number of ketones is 2. The van der Waals surface area contributed by atoms with Crippen molar-refractivity contribution < 1.29 is 19.8 Å². The Hall–Kier alpha value is -1.54. The van der Waals surface area contributed by atoms with Gasteiger partial charge in [-0.05, 0) is 79.9 Å². The Morgan fingerprint density at radius 1 is 1.20 bits per heavy atom. The zero-order valence-corrected chi connectivity index (χ0v) is 22.0. The Bertz CT molecular complexity index is 1210. The Morgan fingerprint density at radius 3 is 2.80 bits per heavy atom. The third kappa shape index (κ3) is 3.45. The Labute approximate surface area is 214 Å². The van der Waals surface area contributed by atoms with Crippen LogP contribution in [0.25, 0.3) is 10.2 Å². The fourth-order valence-corrected chi connectivity index (χ4v) is 10.3. The minimum Gasteiger partial charge on any atom is -0.393 e. The average Bonchev–Trinajstić information content (AvgIpc) is 3.36. The fraction of sp³-hybridized carbons (Fsp3) is 0.607. The van der Waals surface area contributed by atoms with Crippen molar-refractivity contribution in [3.05, 3.63) is 35.9 Å². The zero-order chi connectivity index (χ0) is 24.6. The Kier molecular flexibility index (Phi) is 5.61. The minimum absolute atomic E-state index is 0.0863. The van der Waals surface area contributed by atoms with Crippen molar-refractivity contribution in [1.82, 2.24) is 4.98 Å². The van der Waals surface area contributed by atoms with E-state index >= 15 is 0 Å². The average molecular weight is 512 g/mol. The third-order valence-electron chi connectivity index (χ3n) is 10.1. The van der Waals surface area contributed by atoms with Gasteiger partial charge in [-0.2, -0.15) is 0 Å². The number of fused-ring (bicyclic) bond motifs is 6. The van der Waals surface area contributed by atoms with Crippen LogP contribution < -0.4 is 0 Å². The molecular formula is C28H33NO4S2. The van der Waals surface area contributed by atoms with Crippen LogP contribution in [0.1, 0.15) is 58.8 Å². The maximum atomic E-state index is 13.6. The van der Waals surface area contributed by atoms with Gasteiger partial charge < -0.3 is 10.2 Å². The number of aliphatic hydroxyl groups is 2. The van der Waals surface area contributed by atoms with Crippen molar-refractivity contribution in [2.75, 3.05) is 5.75 Å². The third-order valence-corrected chi connectivity index (χ3v) is 12.3. The topological polar surface area (TPSA) is 87.5 Å². The molecule has 1 aromatic heterocycles.